The van der Waals surface area contributed by atoms with Gasteiger partial charge in [0.15, 0.2) is 5.69 Å². The summed E-state index contributed by atoms with van der Waals surface area (Å²) in [5.74, 6) is 0.0998. The number of nitrogens with one attached hydrogen (secondary N) is 1. The topological polar surface area (TPSA) is 59.3 Å². The first-order valence-electron chi connectivity index (χ1n) is 8.83. The molecule has 1 heterocycles. The molecule has 2 aromatic carbocycles. The van der Waals surface area contributed by atoms with Gasteiger partial charge in [0, 0.05) is 11.2 Å². The van der Waals surface area contributed by atoms with E-state index in [0.717, 1.165) is 11.1 Å². The lowest BCUT2D eigenvalue weighted by molar-refractivity contribution is 0.0948. The molecule has 0 radical (unpaired) electrons. The summed E-state index contributed by atoms with van der Waals surface area (Å²) in [6.45, 7) is 4.83. The molecule has 0 saturated heterocycles. The van der Waals surface area contributed by atoms with E-state index in [1.807, 2.05) is 36.4 Å². The Labute approximate surface area is 177 Å². The van der Waals surface area contributed by atoms with Crippen molar-refractivity contribution >= 4 is 39.7 Å². The smallest absolute Gasteiger partial charge is 0.266 e. The van der Waals surface area contributed by atoms with Gasteiger partial charge < -0.3 is 0 Å². The molecule has 7 heteroatoms. The molecular formula is C21H20BrClN4O. The Morgan fingerprint density at radius 1 is 1.21 bits per heavy atom. The quantitative estimate of drug-likeness (QED) is 0.405. The van der Waals surface area contributed by atoms with Gasteiger partial charge in [-0.25, -0.2) is 5.43 Å². The number of hydrogen-bond acceptors (Lipinski definition) is 3. The standard InChI is InChI=1S/C21H20BrClN4O/c1-14(2)17-7-3-15(4-8-17)11-24-25-21(28)20-19(22)13-27(26-20)12-16-5-9-18(23)10-6-16/h3-11,13-14H,12H2,1-2H3,(H,25,28)/b24-11-. The van der Waals surface area contributed by atoms with Crippen molar-refractivity contribution in [1.82, 2.24) is 15.2 Å². The number of hydrogen-bond donors (Lipinski definition) is 1. The Morgan fingerprint density at radius 2 is 1.89 bits per heavy atom. The minimum Gasteiger partial charge on any atom is -0.266 e. The summed E-state index contributed by atoms with van der Waals surface area (Å²) in [7, 11) is 0. The molecule has 28 heavy (non-hydrogen) atoms. The summed E-state index contributed by atoms with van der Waals surface area (Å²) in [4.78, 5) is 12.4. The highest BCUT2D eigenvalue weighted by atomic mass is 79.9. The Kier molecular flexibility index (Phi) is 6.65. The molecule has 3 aromatic rings. The molecule has 0 aliphatic carbocycles. The van der Waals surface area contributed by atoms with E-state index in [0.29, 0.717) is 22.0 Å². The molecule has 0 spiro atoms. The lowest BCUT2D eigenvalue weighted by Gasteiger charge is -2.04. The van der Waals surface area contributed by atoms with E-state index in [1.165, 1.54) is 5.56 Å². The molecule has 0 unspecified atom stereocenters. The normalized spacial score (nSPS) is 11.3. The molecular weight excluding hydrogens is 440 g/mol. The Morgan fingerprint density at radius 3 is 2.54 bits per heavy atom. The summed E-state index contributed by atoms with van der Waals surface area (Å²) < 4.78 is 2.30. The number of nitrogens with zero attached hydrogens (tertiary/aromatic N) is 3. The average Bonchev–Trinajstić information content (AvgIpc) is 3.04. The Balaban J connectivity index is 1.62. The van der Waals surface area contributed by atoms with Crippen molar-refractivity contribution in [3.05, 3.63) is 86.6 Å². The molecule has 144 valence electrons. The summed E-state index contributed by atoms with van der Waals surface area (Å²) >= 11 is 9.29. The predicted octanol–water partition coefficient (Wildman–Crippen LogP) is 5.23. The van der Waals surface area contributed by atoms with Crippen LogP contribution in [0.5, 0.6) is 0 Å². The number of rotatable bonds is 6. The van der Waals surface area contributed by atoms with Crippen LogP contribution in [0.25, 0.3) is 0 Å². The van der Waals surface area contributed by atoms with Gasteiger partial charge >= 0.3 is 0 Å². The van der Waals surface area contributed by atoms with E-state index in [9.17, 15) is 4.79 Å². The van der Waals surface area contributed by atoms with Crippen LogP contribution in [0.2, 0.25) is 5.02 Å². The van der Waals surface area contributed by atoms with Crippen LogP contribution in [-0.4, -0.2) is 21.9 Å². The van der Waals surface area contributed by atoms with Gasteiger partial charge in [0.2, 0.25) is 0 Å². The van der Waals surface area contributed by atoms with Gasteiger partial charge in [-0.1, -0.05) is 61.8 Å². The zero-order chi connectivity index (χ0) is 20.1. The van der Waals surface area contributed by atoms with Crippen LogP contribution < -0.4 is 5.43 Å². The van der Waals surface area contributed by atoms with Crippen LogP contribution in [0.4, 0.5) is 0 Å². The SMILES string of the molecule is CC(C)c1ccc(/C=N\NC(=O)c2nn(Cc3ccc(Cl)cc3)cc2Br)cc1. The van der Waals surface area contributed by atoms with Gasteiger partial charge in [-0.3, -0.25) is 9.48 Å². The second-order valence-corrected chi connectivity index (χ2v) is 7.96. The second kappa shape index (κ2) is 9.17. The summed E-state index contributed by atoms with van der Waals surface area (Å²) in [5, 5.41) is 9.04. The van der Waals surface area contributed by atoms with Gasteiger partial charge in [0.1, 0.15) is 0 Å². The highest BCUT2D eigenvalue weighted by Crippen LogP contribution is 2.17. The lowest BCUT2D eigenvalue weighted by atomic mass is 10.0. The summed E-state index contributed by atoms with van der Waals surface area (Å²) in [6.07, 6.45) is 3.37. The second-order valence-electron chi connectivity index (χ2n) is 6.67. The molecule has 0 bridgehead atoms. The fraction of sp³-hybridized carbons (Fsp3) is 0.190. The van der Waals surface area contributed by atoms with Crippen LogP contribution in [0.3, 0.4) is 0 Å². The zero-order valence-electron chi connectivity index (χ0n) is 15.6. The number of halogens is 2. The number of carbonyl (C=O) groups is 1. The zero-order valence-corrected chi connectivity index (χ0v) is 17.9. The van der Waals surface area contributed by atoms with E-state index in [2.05, 4.69) is 57.5 Å². The summed E-state index contributed by atoms with van der Waals surface area (Å²) in [6, 6.07) is 15.6. The minimum atomic E-state index is -0.378. The van der Waals surface area contributed by atoms with Crippen molar-refractivity contribution in [1.29, 1.82) is 0 Å². The Hall–Kier alpha value is -2.44. The lowest BCUT2D eigenvalue weighted by Crippen LogP contribution is -2.19. The largest absolute Gasteiger partial charge is 0.293 e. The first-order chi connectivity index (χ1) is 13.4. The van der Waals surface area contributed by atoms with Crippen molar-refractivity contribution in [2.75, 3.05) is 0 Å². The maximum absolute atomic E-state index is 12.4. The van der Waals surface area contributed by atoms with Crippen LogP contribution >= 0.6 is 27.5 Å². The van der Waals surface area contributed by atoms with Crippen LogP contribution in [-0.2, 0) is 6.54 Å². The molecule has 1 N–H and O–H groups in total. The third-order valence-corrected chi connectivity index (χ3v) is 5.01. The highest BCUT2D eigenvalue weighted by molar-refractivity contribution is 9.10. The van der Waals surface area contributed by atoms with Crippen molar-refractivity contribution < 1.29 is 4.79 Å². The maximum Gasteiger partial charge on any atom is 0.293 e. The predicted molar refractivity (Wildman–Crippen MR) is 116 cm³/mol. The molecule has 1 amide bonds. The van der Waals surface area contributed by atoms with Gasteiger partial charge in [-0.15, -0.1) is 0 Å². The monoisotopic (exact) mass is 458 g/mol. The molecule has 0 aliphatic heterocycles. The number of benzene rings is 2. The number of aromatic nitrogens is 2. The van der Waals surface area contributed by atoms with Crippen LogP contribution in [0, 0.1) is 0 Å². The first kappa shape index (κ1) is 20.3. The third kappa shape index (κ3) is 5.30. The van der Waals surface area contributed by atoms with E-state index in [-0.39, 0.29) is 11.6 Å². The third-order valence-electron chi connectivity index (χ3n) is 4.17. The van der Waals surface area contributed by atoms with E-state index < -0.39 is 0 Å². The maximum atomic E-state index is 12.4. The van der Waals surface area contributed by atoms with Crippen molar-refractivity contribution in [2.24, 2.45) is 5.10 Å². The molecule has 5 nitrogen and oxygen atoms in total. The first-order valence-corrected chi connectivity index (χ1v) is 10.00. The molecule has 3 rings (SSSR count). The van der Waals surface area contributed by atoms with Crippen molar-refractivity contribution in [3.63, 3.8) is 0 Å². The number of hydrazone groups is 1. The highest BCUT2D eigenvalue weighted by Gasteiger charge is 2.15. The van der Waals surface area contributed by atoms with Gasteiger partial charge in [-0.2, -0.15) is 10.2 Å². The fourth-order valence-electron chi connectivity index (χ4n) is 2.59. The van der Waals surface area contributed by atoms with E-state index >= 15 is 0 Å². The average molecular weight is 460 g/mol. The molecule has 1 aromatic heterocycles. The molecule has 0 aliphatic rings. The van der Waals surface area contributed by atoms with E-state index in [1.54, 1.807) is 17.1 Å². The van der Waals surface area contributed by atoms with Crippen LogP contribution in [0.1, 0.15) is 46.9 Å². The summed E-state index contributed by atoms with van der Waals surface area (Å²) in [5.41, 5.74) is 6.01. The number of carbonyl (C=O) groups excluding carboxylic acids is 1. The minimum absolute atomic E-state index is 0.279. The number of amides is 1. The molecule has 0 saturated carbocycles. The van der Waals surface area contributed by atoms with Gasteiger partial charge in [0.05, 0.1) is 17.2 Å². The van der Waals surface area contributed by atoms with Gasteiger partial charge in [0.25, 0.3) is 5.91 Å². The van der Waals surface area contributed by atoms with Crippen molar-refractivity contribution in [2.45, 2.75) is 26.3 Å². The van der Waals surface area contributed by atoms with Crippen LogP contribution in [0.15, 0.2) is 64.3 Å². The van der Waals surface area contributed by atoms with Gasteiger partial charge in [-0.05, 0) is 50.7 Å². The van der Waals surface area contributed by atoms with E-state index in [4.69, 9.17) is 11.6 Å². The Bertz CT molecular complexity index is 979. The van der Waals surface area contributed by atoms with Crippen molar-refractivity contribution in [3.8, 4) is 0 Å². The molecule has 0 fully saturated rings. The molecule has 0 atom stereocenters. The fourth-order valence-corrected chi connectivity index (χ4v) is 3.22.